The van der Waals surface area contributed by atoms with Crippen molar-refractivity contribution in [2.24, 2.45) is 0 Å². The number of pyridine rings is 1. The number of anilines is 1. The molecule has 3 aromatic rings. The molecule has 1 fully saturated rings. The monoisotopic (exact) mass is 450 g/mol. The van der Waals surface area contributed by atoms with Crippen molar-refractivity contribution in [2.75, 3.05) is 5.32 Å². The summed E-state index contributed by atoms with van der Waals surface area (Å²) in [6.45, 7) is 0. The van der Waals surface area contributed by atoms with Crippen LogP contribution in [0.5, 0.6) is 0 Å². The first-order chi connectivity index (χ1) is 15.4. The molecular formula is C22H16ClFN6O2. The number of hydrogen-bond donors (Lipinski definition) is 2. The van der Waals surface area contributed by atoms with Crippen LogP contribution in [0.25, 0.3) is 11.1 Å². The Labute approximate surface area is 186 Å². The zero-order chi connectivity index (χ0) is 22.4. The molecule has 32 heavy (non-hydrogen) atoms. The number of rotatable bonds is 2. The van der Waals surface area contributed by atoms with Gasteiger partial charge in [-0.3, -0.25) is 9.78 Å². The first kappa shape index (κ1) is 20.2. The Hall–Kier alpha value is -3.77. The van der Waals surface area contributed by atoms with Crippen LogP contribution in [-0.2, 0) is 6.42 Å². The largest absolute Gasteiger partial charge is 0.322 e. The van der Waals surface area contributed by atoms with Gasteiger partial charge in [0.2, 0.25) is 0 Å². The highest BCUT2D eigenvalue weighted by molar-refractivity contribution is 6.33. The standard InChI is InChI=1S/C22H16ClFN6O2/c23-16-7-18(17(24)6-15(16)13-3-11(8-25)9-26-10-13)27-22(32)30-14-1-2-19(30)21-12(4-14)5-20(31)28-29-21/h3,5-7,9-10,14,19H,1-2,4H2,(H,27,32)(H,28,31)/t14-,19+/m0/s1. The van der Waals surface area contributed by atoms with E-state index in [0.29, 0.717) is 35.2 Å². The normalized spacial score (nSPS) is 18.7. The lowest BCUT2D eigenvalue weighted by Gasteiger charge is -2.35. The Balaban J connectivity index is 1.42. The van der Waals surface area contributed by atoms with Gasteiger partial charge in [0.05, 0.1) is 28.0 Å². The fourth-order valence-electron chi connectivity index (χ4n) is 4.51. The molecule has 8 nitrogen and oxygen atoms in total. The van der Waals surface area contributed by atoms with Gasteiger partial charge in [0.1, 0.15) is 11.9 Å². The van der Waals surface area contributed by atoms with Crippen LogP contribution >= 0.6 is 11.6 Å². The van der Waals surface area contributed by atoms with Crippen LogP contribution in [0, 0.1) is 17.1 Å². The Morgan fingerprint density at radius 3 is 2.94 bits per heavy atom. The molecule has 5 rings (SSSR count). The zero-order valence-electron chi connectivity index (χ0n) is 16.6. The van der Waals surface area contributed by atoms with Crippen molar-refractivity contribution in [1.82, 2.24) is 20.1 Å². The molecule has 2 aliphatic rings. The Bertz CT molecular complexity index is 1350. The Kier molecular flexibility index (Phi) is 4.87. The number of carbonyl (C=O) groups is 1. The van der Waals surface area contributed by atoms with E-state index in [1.807, 2.05) is 6.07 Å². The van der Waals surface area contributed by atoms with Crippen LogP contribution in [0.3, 0.4) is 0 Å². The highest BCUT2D eigenvalue weighted by Crippen LogP contribution is 2.42. The number of aromatic amines is 1. The molecule has 2 amide bonds. The average molecular weight is 451 g/mol. The first-order valence-corrected chi connectivity index (χ1v) is 10.3. The minimum atomic E-state index is -0.660. The van der Waals surface area contributed by atoms with Gasteiger partial charge in [-0.1, -0.05) is 11.6 Å². The molecule has 0 saturated carbocycles. The summed E-state index contributed by atoms with van der Waals surface area (Å²) in [4.78, 5) is 30.3. The number of urea groups is 1. The molecule has 160 valence electrons. The summed E-state index contributed by atoms with van der Waals surface area (Å²) in [5.41, 5.74) is 2.39. The fourth-order valence-corrected chi connectivity index (χ4v) is 4.78. The van der Waals surface area contributed by atoms with E-state index in [1.165, 1.54) is 30.6 Å². The number of benzene rings is 1. The van der Waals surface area contributed by atoms with Gasteiger partial charge >= 0.3 is 6.03 Å². The van der Waals surface area contributed by atoms with E-state index in [0.717, 1.165) is 12.0 Å². The Morgan fingerprint density at radius 1 is 1.28 bits per heavy atom. The summed E-state index contributed by atoms with van der Waals surface area (Å²) < 4.78 is 14.9. The molecule has 0 aliphatic carbocycles. The first-order valence-electron chi connectivity index (χ1n) is 9.97. The molecule has 2 aromatic heterocycles. The van der Waals surface area contributed by atoms with E-state index in [1.54, 1.807) is 11.0 Å². The molecule has 4 heterocycles. The predicted octanol–water partition coefficient (Wildman–Crippen LogP) is 3.79. The number of hydrogen-bond acceptors (Lipinski definition) is 5. The van der Waals surface area contributed by atoms with Crippen LogP contribution in [0.4, 0.5) is 14.9 Å². The van der Waals surface area contributed by atoms with Gasteiger partial charge in [-0.2, -0.15) is 10.4 Å². The highest BCUT2D eigenvalue weighted by atomic mass is 35.5. The minimum absolute atomic E-state index is 0.0484. The number of nitrogens with zero attached hydrogens (tertiary/aromatic N) is 4. The van der Waals surface area contributed by atoms with Crippen LogP contribution < -0.4 is 10.9 Å². The van der Waals surface area contributed by atoms with Crippen molar-refractivity contribution >= 4 is 23.3 Å². The van der Waals surface area contributed by atoms with E-state index in [2.05, 4.69) is 20.5 Å². The molecule has 0 spiro atoms. The van der Waals surface area contributed by atoms with Gasteiger partial charge < -0.3 is 10.2 Å². The average Bonchev–Trinajstić information content (AvgIpc) is 3.11. The van der Waals surface area contributed by atoms with E-state index < -0.39 is 11.8 Å². The van der Waals surface area contributed by atoms with Crippen LogP contribution in [0.2, 0.25) is 5.02 Å². The number of H-pyrrole nitrogens is 1. The SMILES string of the molecule is N#Cc1cncc(-c2cc(F)c(NC(=O)N3[C@H]4CC[C@@H]3c3n[nH]c(=O)cc3C4)cc2Cl)c1. The lowest BCUT2D eigenvalue weighted by atomic mass is 9.99. The number of amides is 2. The van der Waals surface area contributed by atoms with E-state index in [9.17, 15) is 14.0 Å². The molecule has 0 unspecified atom stereocenters. The molecule has 2 atom stereocenters. The van der Waals surface area contributed by atoms with Gasteiger partial charge in [-0.25, -0.2) is 14.3 Å². The second-order valence-corrected chi connectivity index (χ2v) is 8.22. The number of halogens is 2. The second kappa shape index (κ2) is 7.73. The molecule has 2 aliphatic heterocycles. The highest BCUT2D eigenvalue weighted by Gasteiger charge is 2.44. The molecular weight excluding hydrogens is 435 g/mol. The number of carbonyl (C=O) groups excluding carboxylic acids is 1. The predicted molar refractivity (Wildman–Crippen MR) is 115 cm³/mol. The van der Waals surface area contributed by atoms with E-state index in [-0.39, 0.29) is 28.4 Å². The summed E-state index contributed by atoms with van der Waals surface area (Å²) in [6, 6.07) is 6.81. The van der Waals surface area contributed by atoms with E-state index >= 15 is 0 Å². The molecule has 1 saturated heterocycles. The van der Waals surface area contributed by atoms with Crippen LogP contribution in [0.1, 0.15) is 35.7 Å². The van der Waals surface area contributed by atoms with Gasteiger partial charge in [0, 0.05) is 35.6 Å². The topological polar surface area (TPSA) is 115 Å². The fraction of sp³-hybridized carbons (Fsp3) is 0.227. The molecule has 2 bridgehead atoms. The summed E-state index contributed by atoms with van der Waals surface area (Å²) in [5, 5.41) is 18.5. The molecule has 1 aromatic carbocycles. The summed E-state index contributed by atoms with van der Waals surface area (Å²) >= 11 is 6.37. The summed E-state index contributed by atoms with van der Waals surface area (Å²) in [6.07, 6.45) is 4.90. The third-order valence-electron chi connectivity index (χ3n) is 5.91. The van der Waals surface area contributed by atoms with Crippen LogP contribution in [0.15, 0.2) is 41.5 Å². The van der Waals surface area contributed by atoms with Gasteiger partial charge in [-0.05, 0) is 43.0 Å². The van der Waals surface area contributed by atoms with Gasteiger partial charge in [0.15, 0.2) is 0 Å². The lowest BCUT2D eigenvalue weighted by molar-refractivity contribution is 0.177. The second-order valence-electron chi connectivity index (χ2n) is 7.82. The summed E-state index contributed by atoms with van der Waals surface area (Å²) in [5.74, 6) is -0.660. The minimum Gasteiger partial charge on any atom is -0.313 e. The number of fused-ring (bicyclic) bond motifs is 4. The number of aromatic nitrogens is 3. The smallest absolute Gasteiger partial charge is 0.313 e. The summed E-state index contributed by atoms with van der Waals surface area (Å²) in [7, 11) is 0. The van der Waals surface area contributed by atoms with Crippen molar-refractivity contribution < 1.29 is 9.18 Å². The quantitative estimate of drug-likeness (QED) is 0.616. The number of nitriles is 1. The van der Waals surface area contributed by atoms with Crippen molar-refractivity contribution in [3.8, 4) is 17.2 Å². The van der Waals surface area contributed by atoms with Crippen molar-refractivity contribution in [1.29, 1.82) is 5.26 Å². The molecule has 10 heteroatoms. The third-order valence-corrected chi connectivity index (χ3v) is 6.22. The maximum absolute atomic E-state index is 14.9. The van der Waals surface area contributed by atoms with Crippen molar-refractivity contribution in [3.05, 3.63) is 74.7 Å². The maximum atomic E-state index is 14.9. The third kappa shape index (κ3) is 3.39. The maximum Gasteiger partial charge on any atom is 0.322 e. The molecule has 0 radical (unpaired) electrons. The lowest BCUT2D eigenvalue weighted by Crippen LogP contribution is -2.45. The number of nitrogens with one attached hydrogen (secondary N) is 2. The Morgan fingerprint density at radius 2 is 2.12 bits per heavy atom. The molecule has 2 N–H and O–H groups in total. The van der Waals surface area contributed by atoms with Crippen molar-refractivity contribution in [2.45, 2.75) is 31.3 Å². The van der Waals surface area contributed by atoms with Crippen LogP contribution in [-0.4, -0.2) is 32.2 Å². The zero-order valence-corrected chi connectivity index (χ0v) is 17.4. The van der Waals surface area contributed by atoms with E-state index in [4.69, 9.17) is 16.9 Å². The van der Waals surface area contributed by atoms with Crippen molar-refractivity contribution in [3.63, 3.8) is 0 Å². The van der Waals surface area contributed by atoms with Gasteiger partial charge in [0.25, 0.3) is 5.56 Å². The van der Waals surface area contributed by atoms with Gasteiger partial charge in [-0.15, -0.1) is 0 Å².